The molecule has 1 saturated heterocycles. The van der Waals surface area contributed by atoms with Crippen molar-refractivity contribution in [2.45, 2.75) is 45.1 Å². The number of aryl methyl sites for hydroxylation is 1. The fourth-order valence-corrected chi connectivity index (χ4v) is 4.90. The average molecular weight is 498 g/mol. The number of carbonyl (C=O) groups excluding carboxylic acids is 1. The monoisotopic (exact) mass is 497 g/mol. The maximum absolute atomic E-state index is 13.9. The zero-order chi connectivity index (χ0) is 26.2. The third-order valence-electron chi connectivity index (χ3n) is 7.01. The van der Waals surface area contributed by atoms with Gasteiger partial charge in [-0.15, -0.1) is 0 Å². The maximum Gasteiger partial charge on any atom is 0.236 e. The van der Waals surface area contributed by atoms with E-state index < -0.39 is 23.0 Å². The Morgan fingerprint density at radius 1 is 1.08 bits per heavy atom. The first-order valence-corrected chi connectivity index (χ1v) is 11.9. The second-order valence-corrected chi connectivity index (χ2v) is 9.84. The Hall–Kier alpha value is -3.39. The normalized spacial score (nSPS) is 15.9. The van der Waals surface area contributed by atoms with Gasteiger partial charge in [0.15, 0.2) is 0 Å². The van der Waals surface area contributed by atoms with E-state index in [0.717, 1.165) is 43.1 Å². The lowest BCUT2D eigenvalue weighted by molar-refractivity contribution is -0.122. The van der Waals surface area contributed by atoms with Gasteiger partial charge in [-0.05, 0) is 80.6 Å². The van der Waals surface area contributed by atoms with Crippen molar-refractivity contribution >= 4 is 17.4 Å². The molecular formula is C28H30F3N3O2. The van der Waals surface area contributed by atoms with Gasteiger partial charge >= 0.3 is 0 Å². The zero-order valence-corrected chi connectivity index (χ0v) is 20.9. The standard InChI is InChI=1S/C28H30F3N3O2/c1-17-10-19(29)7-8-23(17)24-14-26(34-9-5-6-22(34)16-35)32-15-25(24)33(4)27(36)28(2,3)18-11-20(30)13-21(31)12-18/h7-8,10-15,22,35H,5-6,9,16H2,1-4H3. The second-order valence-electron chi connectivity index (χ2n) is 9.84. The van der Waals surface area contributed by atoms with Crippen LogP contribution in [-0.4, -0.2) is 42.2 Å². The smallest absolute Gasteiger partial charge is 0.236 e. The van der Waals surface area contributed by atoms with Gasteiger partial charge in [-0.3, -0.25) is 4.79 Å². The molecule has 3 aromatic rings. The van der Waals surface area contributed by atoms with E-state index in [-0.39, 0.29) is 24.0 Å². The van der Waals surface area contributed by atoms with Gasteiger partial charge in [0.1, 0.15) is 23.3 Å². The minimum absolute atomic E-state index is 0.00507. The van der Waals surface area contributed by atoms with Gasteiger partial charge in [-0.1, -0.05) is 6.07 Å². The number of aliphatic hydroxyl groups excluding tert-OH is 1. The van der Waals surface area contributed by atoms with E-state index >= 15 is 0 Å². The maximum atomic E-state index is 13.9. The van der Waals surface area contributed by atoms with Crippen LogP contribution in [0.5, 0.6) is 0 Å². The van der Waals surface area contributed by atoms with E-state index in [2.05, 4.69) is 4.98 Å². The van der Waals surface area contributed by atoms with Crippen LogP contribution in [0.4, 0.5) is 24.7 Å². The topological polar surface area (TPSA) is 56.7 Å². The summed E-state index contributed by atoms with van der Waals surface area (Å²) in [7, 11) is 1.59. The molecule has 1 amide bonds. The Morgan fingerprint density at radius 3 is 2.42 bits per heavy atom. The summed E-state index contributed by atoms with van der Waals surface area (Å²) in [6, 6.07) is 9.32. The fourth-order valence-electron chi connectivity index (χ4n) is 4.90. The van der Waals surface area contributed by atoms with Crippen LogP contribution in [0.25, 0.3) is 11.1 Å². The molecule has 36 heavy (non-hydrogen) atoms. The van der Waals surface area contributed by atoms with Crippen LogP contribution in [0.15, 0.2) is 48.7 Å². The molecule has 5 nitrogen and oxygen atoms in total. The van der Waals surface area contributed by atoms with E-state index in [0.29, 0.717) is 22.6 Å². The number of nitrogens with zero attached hydrogens (tertiary/aromatic N) is 3. The number of halogens is 3. The van der Waals surface area contributed by atoms with Gasteiger partial charge in [0.05, 0.1) is 29.9 Å². The Labute approximate surface area is 209 Å². The van der Waals surface area contributed by atoms with Crippen molar-refractivity contribution in [2.24, 2.45) is 0 Å². The van der Waals surface area contributed by atoms with E-state index in [4.69, 9.17) is 0 Å². The lowest BCUT2D eigenvalue weighted by atomic mass is 9.83. The molecule has 1 N–H and O–H groups in total. The third-order valence-corrected chi connectivity index (χ3v) is 7.01. The Balaban J connectivity index is 1.81. The van der Waals surface area contributed by atoms with Crippen LogP contribution < -0.4 is 9.80 Å². The number of benzene rings is 2. The molecule has 0 radical (unpaired) electrons. The van der Waals surface area contributed by atoms with Gasteiger partial charge in [-0.2, -0.15) is 0 Å². The fraction of sp³-hybridized carbons (Fsp3) is 0.357. The zero-order valence-electron chi connectivity index (χ0n) is 20.9. The number of likely N-dealkylation sites (N-methyl/N-ethyl adjacent to an activating group) is 1. The summed E-state index contributed by atoms with van der Waals surface area (Å²) in [5.41, 5.74) is 1.51. The molecule has 0 aliphatic carbocycles. The number of rotatable bonds is 6. The molecule has 2 aromatic carbocycles. The number of pyridine rings is 1. The summed E-state index contributed by atoms with van der Waals surface area (Å²) in [6.45, 7) is 5.76. The van der Waals surface area contributed by atoms with Crippen LogP contribution >= 0.6 is 0 Å². The van der Waals surface area contributed by atoms with Crippen molar-refractivity contribution in [1.82, 2.24) is 4.98 Å². The highest BCUT2D eigenvalue weighted by Gasteiger charge is 2.35. The van der Waals surface area contributed by atoms with Crippen LogP contribution in [0.1, 0.15) is 37.8 Å². The number of aliphatic hydroxyl groups is 1. The van der Waals surface area contributed by atoms with Gasteiger partial charge < -0.3 is 14.9 Å². The summed E-state index contributed by atoms with van der Waals surface area (Å²) >= 11 is 0. The molecule has 1 unspecified atom stereocenters. The van der Waals surface area contributed by atoms with Crippen LogP contribution in [-0.2, 0) is 10.2 Å². The molecule has 1 aliphatic rings. The van der Waals surface area contributed by atoms with Crippen molar-refractivity contribution in [2.75, 3.05) is 30.0 Å². The van der Waals surface area contributed by atoms with Gasteiger partial charge in [0.2, 0.25) is 5.91 Å². The molecule has 0 bridgehead atoms. The highest BCUT2D eigenvalue weighted by atomic mass is 19.1. The van der Waals surface area contributed by atoms with Gasteiger partial charge in [0.25, 0.3) is 0 Å². The Bertz CT molecular complexity index is 1270. The molecule has 1 atom stereocenters. The van der Waals surface area contributed by atoms with Crippen molar-refractivity contribution in [3.05, 3.63) is 77.2 Å². The van der Waals surface area contributed by atoms with Crippen LogP contribution in [0, 0.1) is 24.4 Å². The number of hydrogen-bond donors (Lipinski definition) is 1. The number of amides is 1. The molecule has 1 aromatic heterocycles. The van der Waals surface area contributed by atoms with Crippen LogP contribution in [0.2, 0.25) is 0 Å². The minimum atomic E-state index is -1.25. The summed E-state index contributed by atoms with van der Waals surface area (Å²) in [5.74, 6) is -1.62. The first kappa shape index (κ1) is 25.7. The summed E-state index contributed by atoms with van der Waals surface area (Å²) in [5, 5.41) is 9.79. The molecule has 1 fully saturated rings. The number of aromatic nitrogens is 1. The lowest BCUT2D eigenvalue weighted by Crippen LogP contribution is -2.42. The largest absolute Gasteiger partial charge is 0.394 e. The average Bonchev–Trinajstić information content (AvgIpc) is 3.31. The highest BCUT2D eigenvalue weighted by molar-refractivity contribution is 6.03. The first-order valence-electron chi connectivity index (χ1n) is 11.9. The molecule has 0 spiro atoms. The molecule has 2 heterocycles. The van der Waals surface area contributed by atoms with E-state index in [1.54, 1.807) is 40.1 Å². The first-order chi connectivity index (χ1) is 17.0. The van der Waals surface area contributed by atoms with Crippen molar-refractivity contribution < 1.29 is 23.1 Å². The summed E-state index contributed by atoms with van der Waals surface area (Å²) < 4.78 is 41.8. The van der Waals surface area contributed by atoms with Gasteiger partial charge in [-0.25, -0.2) is 18.2 Å². The molecule has 1 aliphatic heterocycles. The summed E-state index contributed by atoms with van der Waals surface area (Å²) in [4.78, 5) is 21.8. The van der Waals surface area contributed by atoms with E-state index in [1.807, 2.05) is 11.0 Å². The van der Waals surface area contributed by atoms with Crippen molar-refractivity contribution in [3.63, 3.8) is 0 Å². The van der Waals surface area contributed by atoms with Crippen LogP contribution in [0.3, 0.4) is 0 Å². The predicted molar refractivity (Wildman–Crippen MR) is 135 cm³/mol. The SMILES string of the molecule is Cc1cc(F)ccc1-c1cc(N2CCCC2CO)ncc1N(C)C(=O)C(C)(C)c1cc(F)cc(F)c1. The third kappa shape index (κ3) is 4.82. The Kier molecular flexibility index (Phi) is 7.09. The lowest BCUT2D eigenvalue weighted by Gasteiger charge is -2.32. The molecule has 190 valence electrons. The minimum Gasteiger partial charge on any atom is -0.394 e. The number of carbonyl (C=O) groups is 1. The summed E-state index contributed by atoms with van der Waals surface area (Å²) in [6.07, 6.45) is 3.36. The quantitative estimate of drug-likeness (QED) is 0.497. The number of hydrogen-bond acceptors (Lipinski definition) is 4. The highest BCUT2D eigenvalue weighted by Crippen LogP contribution is 2.38. The Morgan fingerprint density at radius 2 is 1.78 bits per heavy atom. The van der Waals surface area contributed by atoms with Crippen molar-refractivity contribution in [1.29, 1.82) is 0 Å². The van der Waals surface area contributed by atoms with Gasteiger partial charge in [0, 0.05) is 25.2 Å². The molecule has 0 saturated carbocycles. The van der Waals surface area contributed by atoms with Crippen molar-refractivity contribution in [3.8, 4) is 11.1 Å². The predicted octanol–water partition coefficient (Wildman–Crippen LogP) is 5.38. The van der Waals surface area contributed by atoms with E-state index in [9.17, 15) is 23.1 Å². The molecule has 4 rings (SSSR count). The molecule has 8 heteroatoms. The number of anilines is 2. The second kappa shape index (κ2) is 9.93. The molecular weight excluding hydrogens is 467 g/mol. The van der Waals surface area contributed by atoms with E-state index in [1.165, 1.54) is 17.0 Å².